The van der Waals surface area contributed by atoms with Gasteiger partial charge in [-0.15, -0.1) is 0 Å². The highest BCUT2D eigenvalue weighted by Gasteiger charge is 2.30. The topological polar surface area (TPSA) is 140 Å². The summed E-state index contributed by atoms with van der Waals surface area (Å²) in [6.45, 7) is 0.775. The Hall–Kier alpha value is -3.14. The van der Waals surface area contributed by atoms with Crippen molar-refractivity contribution in [3.63, 3.8) is 0 Å². The number of hydrogen-bond donors (Lipinski definition) is 3. The van der Waals surface area contributed by atoms with Crippen LogP contribution in [0.15, 0.2) is 30.3 Å². The van der Waals surface area contributed by atoms with Gasteiger partial charge in [-0.2, -0.15) is 0 Å². The van der Waals surface area contributed by atoms with Gasteiger partial charge >= 0.3 is 18.0 Å². The van der Waals surface area contributed by atoms with Crippen LogP contribution in [0.4, 0.5) is 4.79 Å². The molecule has 1 aromatic rings. The van der Waals surface area contributed by atoms with Crippen LogP contribution < -0.4 is 10.6 Å². The number of amides is 2. The Bertz CT molecular complexity index is 695. The van der Waals surface area contributed by atoms with Gasteiger partial charge in [-0.05, 0) is 12.0 Å². The predicted octanol–water partition coefficient (Wildman–Crippen LogP) is 0.131. The van der Waals surface area contributed by atoms with Crippen LogP contribution in [0.25, 0.3) is 0 Å². The number of ether oxygens (including phenoxy) is 3. The Morgan fingerprint density at radius 2 is 1.59 bits per heavy atom. The van der Waals surface area contributed by atoms with Crippen molar-refractivity contribution in [2.24, 2.45) is 5.92 Å². The van der Waals surface area contributed by atoms with Crippen LogP contribution in [0.5, 0.6) is 0 Å². The van der Waals surface area contributed by atoms with Crippen LogP contribution in [0.2, 0.25) is 0 Å². The monoisotopic (exact) mass is 410 g/mol. The van der Waals surface area contributed by atoms with Gasteiger partial charge in [0.1, 0.15) is 18.7 Å². The Balaban J connectivity index is 2.66. The van der Waals surface area contributed by atoms with Crippen LogP contribution in [-0.2, 0) is 35.2 Å². The number of benzene rings is 1. The van der Waals surface area contributed by atoms with Crippen molar-refractivity contribution < 1.29 is 38.5 Å². The number of alkyl carbamates (subject to hydrolysis) is 1. The molecule has 3 atom stereocenters. The van der Waals surface area contributed by atoms with Gasteiger partial charge < -0.3 is 30.0 Å². The summed E-state index contributed by atoms with van der Waals surface area (Å²) in [5.74, 6) is -2.87. The number of methoxy groups -OCH3 is 2. The standard InChI is InChI=1S/C19H26N2O8/c1-12(17(24)27-2)9-14(18(25)28-3)20-16(23)15(10-22)21-19(26)29-11-13-7-5-4-6-8-13/h4-8,12,14-15,22H,9-11H2,1-3H3,(H,20,23)(H,21,26)/t12-,14+,15+/m1/s1. The SMILES string of the molecule is COC(=O)[C@H](C)C[C@H](NC(=O)[C@H](CO)NC(=O)OCc1ccccc1)C(=O)OC. The number of aliphatic hydroxyl groups excluding tert-OH is 1. The van der Waals surface area contributed by atoms with Crippen LogP contribution in [0.3, 0.4) is 0 Å². The molecular weight excluding hydrogens is 384 g/mol. The first-order chi connectivity index (χ1) is 13.8. The highest BCUT2D eigenvalue weighted by Crippen LogP contribution is 2.10. The lowest BCUT2D eigenvalue weighted by Crippen LogP contribution is -2.53. The number of rotatable bonds is 10. The van der Waals surface area contributed by atoms with E-state index in [9.17, 15) is 24.3 Å². The quantitative estimate of drug-likeness (QED) is 0.365. The summed E-state index contributed by atoms with van der Waals surface area (Å²) >= 11 is 0. The molecule has 10 heteroatoms. The van der Waals surface area contributed by atoms with Gasteiger partial charge in [0.25, 0.3) is 0 Å². The van der Waals surface area contributed by atoms with E-state index in [4.69, 9.17) is 4.74 Å². The number of aliphatic hydroxyl groups is 1. The molecule has 0 bridgehead atoms. The van der Waals surface area contributed by atoms with Crippen molar-refractivity contribution >= 4 is 23.9 Å². The molecule has 2 amide bonds. The Labute approximate surface area is 168 Å². The van der Waals surface area contributed by atoms with E-state index in [-0.39, 0.29) is 13.0 Å². The van der Waals surface area contributed by atoms with Gasteiger partial charge in [-0.1, -0.05) is 37.3 Å². The molecule has 0 aromatic heterocycles. The molecule has 1 aromatic carbocycles. The summed E-state index contributed by atoms with van der Waals surface area (Å²) < 4.78 is 14.2. The zero-order valence-electron chi connectivity index (χ0n) is 16.5. The van der Waals surface area contributed by atoms with Crippen LogP contribution in [0.1, 0.15) is 18.9 Å². The Kier molecular flexibility index (Phi) is 10.2. The largest absolute Gasteiger partial charge is 0.469 e. The van der Waals surface area contributed by atoms with Crippen molar-refractivity contribution in [2.75, 3.05) is 20.8 Å². The van der Waals surface area contributed by atoms with Crippen LogP contribution >= 0.6 is 0 Å². The summed E-state index contributed by atoms with van der Waals surface area (Å²) in [4.78, 5) is 47.8. The molecular formula is C19H26N2O8. The fraction of sp³-hybridized carbons (Fsp3) is 0.474. The lowest BCUT2D eigenvalue weighted by Gasteiger charge is -2.22. The summed E-state index contributed by atoms with van der Waals surface area (Å²) in [5.41, 5.74) is 0.746. The molecule has 0 spiro atoms. The van der Waals surface area contributed by atoms with Crippen molar-refractivity contribution in [3.05, 3.63) is 35.9 Å². The maximum Gasteiger partial charge on any atom is 0.408 e. The number of hydrogen-bond acceptors (Lipinski definition) is 8. The molecule has 0 aliphatic heterocycles. The molecule has 3 N–H and O–H groups in total. The average Bonchev–Trinajstić information content (AvgIpc) is 2.74. The van der Waals surface area contributed by atoms with Gasteiger partial charge in [0.05, 0.1) is 26.7 Å². The van der Waals surface area contributed by atoms with Crippen molar-refractivity contribution in [2.45, 2.75) is 32.0 Å². The Morgan fingerprint density at radius 3 is 2.14 bits per heavy atom. The van der Waals surface area contributed by atoms with Gasteiger partial charge in [0.2, 0.25) is 5.91 Å². The fourth-order valence-corrected chi connectivity index (χ4v) is 2.38. The van der Waals surface area contributed by atoms with Crippen molar-refractivity contribution in [1.29, 1.82) is 0 Å². The maximum atomic E-state index is 12.4. The van der Waals surface area contributed by atoms with Gasteiger partial charge in [0, 0.05) is 0 Å². The van der Waals surface area contributed by atoms with Gasteiger partial charge in [-0.25, -0.2) is 9.59 Å². The van der Waals surface area contributed by atoms with Crippen molar-refractivity contribution in [1.82, 2.24) is 10.6 Å². The highest BCUT2D eigenvalue weighted by atomic mass is 16.5. The molecule has 0 unspecified atom stereocenters. The molecule has 0 aliphatic rings. The van der Waals surface area contributed by atoms with Crippen LogP contribution in [-0.4, -0.2) is 62.0 Å². The zero-order valence-corrected chi connectivity index (χ0v) is 16.5. The molecule has 0 saturated heterocycles. The minimum absolute atomic E-state index is 0.0200. The number of carbonyl (C=O) groups excluding carboxylic acids is 4. The summed E-state index contributed by atoms with van der Waals surface area (Å²) in [5, 5.41) is 14.0. The van der Waals surface area contributed by atoms with Gasteiger partial charge in [-0.3, -0.25) is 9.59 Å². The summed E-state index contributed by atoms with van der Waals surface area (Å²) in [6, 6.07) is 6.36. The third-order valence-electron chi connectivity index (χ3n) is 4.00. The van der Waals surface area contributed by atoms with E-state index in [2.05, 4.69) is 20.1 Å². The minimum Gasteiger partial charge on any atom is -0.469 e. The first kappa shape index (κ1) is 23.9. The fourth-order valence-electron chi connectivity index (χ4n) is 2.38. The number of nitrogens with one attached hydrogen (secondary N) is 2. The molecule has 0 saturated carbocycles. The zero-order chi connectivity index (χ0) is 21.8. The van der Waals surface area contributed by atoms with E-state index >= 15 is 0 Å². The molecule has 29 heavy (non-hydrogen) atoms. The number of esters is 2. The van der Waals surface area contributed by atoms with E-state index in [1.165, 1.54) is 14.0 Å². The lowest BCUT2D eigenvalue weighted by atomic mass is 10.0. The van der Waals surface area contributed by atoms with E-state index in [0.717, 1.165) is 12.7 Å². The summed E-state index contributed by atoms with van der Waals surface area (Å²) in [6.07, 6.45) is -0.998. The van der Waals surface area contributed by atoms with Crippen molar-refractivity contribution in [3.8, 4) is 0 Å². The Morgan fingerprint density at radius 1 is 0.966 bits per heavy atom. The molecule has 10 nitrogen and oxygen atoms in total. The van der Waals surface area contributed by atoms with E-state index in [0.29, 0.717) is 0 Å². The summed E-state index contributed by atoms with van der Waals surface area (Å²) in [7, 11) is 2.34. The normalized spacial score (nSPS) is 13.4. The van der Waals surface area contributed by atoms with Crippen LogP contribution in [0, 0.1) is 5.92 Å². The average molecular weight is 410 g/mol. The molecule has 0 fully saturated rings. The lowest BCUT2D eigenvalue weighted by molar-refractivity contribution is -0.149. The third kappa shape index (κ3) is 8.18. The second-order valence-corrected chi connectivity index (χ2v) is 6.19. The third-order valence-corrected chi connectivity index (χ3v) is 4.00. The predicted molar refractivity (Wildman–Crippen MR) is 100 cm³/mol. The first-order valence-corrected chi connectivity index (χ1v) is 8.86. The minimum atomic E-state index is -1.36. The van der Waals surface area contributed by atoms with E-state index in [1.807, 2.05) is 6.07 Å². The second kappa shape index (κ2) is 12.3. The molecule has 0 radical (unpaired) electrons. The van der Waals surface area contributed by atoms with E-state index < -0.39 is 48.5 Å². The highest BCUT2D eigenvalue weighted by molar-refractivity contribution is 5.90. The smallest absolute Gasteiger partial charge is 0.408 e. The number of carbonyl (C=O) groups is 4. The second-order valence-electron chi connectivity index (χ2n) is 6.19. The van der Waals surface area contributed by atoms with Gasteiger partial charge in [0.15, 0.2) is 0 Å². The first-order valence-electron chi connectivity index (χ1n) is 8.86. The molecule has 160 valence electrons. The molecule has 0 heterocycles. The maximum absolute atomic E-state index is 12.4. The molecule has 0 aliphatic carbocycles. The van der Waals surface area contributed by atoms with E-state index in [1.54, 1.807) is 24.3 Å². The molecule has 1 rings (SSSR count).